The molecule has 118 valence electrons. The molecule has 1 aromatic carbocycles. The lowest BCUT2D eigenvalue weighted by Gasteiger charge is -2.33. The van der Waals surface area contributed by atoms with Crippen molar-refractivity contribution in [2.24, 2.45) is 11.7 Å². The number of amides is 2. The van der Waals surface area contributed by atoms with Crippen molar-refractivity contribution in [3.8, 4) is 0 Å². The van der Waals surface area contributed by atoms with Crippen LogP contribution in [0, 0.1) is 5.92 Å². The van der Waals surface area contributed by atoms with Gasteiger partial charge in [-0.1, -0.05) is 12.1 Å². The summed E-state index contributed by atoms with van der Waals surface area (Å²) in [6, 6.07) is 7.56. The average Bonchev–Trinajstić information content (AvgIpc) is 3.28. The lowest BCUT2D eigenvalue weighted by Crippen LogP contribution is -2.49. The zero-order valence-electron chi connectivity index (χ0n) is 12.3. The van der Waals surface area contributed by atoms with E-state index in [-0.39, 0.29) is 17.7 Å². The number of hydrogen-bond donors (Lipinski definition) is 2. The molecule has 5 nitrogen and oxygen atoms in total. The maximum atomic E-state index is 12.3. The van der Waals surface area contributed by atoms with Crippen LogP contribution in [0.15, 0.2) is 28.7 Å². The number of likely N-dealkylation sites (tertiary alicyclic amines) is 1. The second-order valence-electron chi connectivity index (χ2n) is 6.19. The standard InChI is InChI=1S/C16H20BrN3O2/c17-12-3-1-2-4-13(12)19-14(21)11-5-9-20(10-6-11)15(22)16(18)7-8-16/h1-4,11H,5-10,18H2,(H,19,21). The Morgan fingerprint density at radius 1 is 1.23 bits per heavy atom. The minimum Gasteiger partial charge on any atom is -0.341 e. The van der Waals surface area contributed by atoms with E-state index >= 15 is 0 Å². The summed E-state index contributed by atoms with van der Waals surface area (Å²) in [6.45, 7) is 1.23. The Morgan fingerprint density at radius 3 is 2.45 bits per heavy atom. The lowest BCUT2D eigenvalue weighted by molar-refractivity contribution is -0.136. The number of nitrogens with two attached hydrogens (primary N) is 1. The van der Waals surface area contributed by atoms with Crippen LogP contribution in [0.3, 0.4) is 0 Å². The van der Waals surface area contributed by atoms with E-state index < -0.39 is 5.54 Å². The molecule has 0 radical (unpaired) electrons. The molecular weight excluding hydrogens is 346 g/mol. The fourth-order valence-electron chi connectivity index (χ4n) is 2.81. The molecule has 0 bridgehead atoms. The van der Waals surface area contributed by atoms with E-state index in [1.54, 1.807) is 0 Å². The number of hydrogen-bond acceptors (Lipinski definition) is 3. The van der Waals surface area contributed by atoms with Crippen LogP contribution in [0.4, 0.5) is 5.69 Å². The largest absolute Gasteiger partial charge is 0.341 e. The zero-order chi connectivity index (χ0) is 15.7. The number of carbonyl (C=O) groups excluding carboxylic acids is 2. The van der Waals surface area contributed by atoms with Crippen LogP contribution in [0.5, 0.6) is 0 Å². The molecule has 1 aliphatic carbocycles. The predicted molar refractivity (Wildman–Crippen MR) is 88.2 cm³/mol. The van der Waals surface area contributed by atoms with E-state index in [2.05, 4.69) is 21.2 Å². The normalized spacial score (nSPS) is 20.5. The first-order valence-corrected chi connectivity index (χ1v) is 8.42. The Morgan fingerprint density at radius 2 is 1.86 bits per heavy atom. The highest BCUT2D eigenvalue weighted by Crippen LogP contribution is 2.35. The highest BCUT2D eigenvalue weighted by atomic mass is 79.9. The SMILES string of the molecule is NC1(C(=O)N2CCC(C(=O)Nc3ccccc3Br)CC2)CC1. The Balaban J connectivity index is 1.54. The molecular formula is C16H20BrN3O2. The number of nitrogens with one attached hydrogen (secondary N) is 1. The van der Waals surface area contributed by atoms with E-state index in [4.69, 9.17) is 5.73 Å². The van der Waals surface area contributed by atoms with Crippen LogP contribution >= 0.6 is 15.9 Å². The molecule has 1 saturated heterocycles. The number of nitrogens with zero attached hydrogens (tertiary/aromatic N) is 1. The average molecular weight is 366 g/mol. The Hall–Kier alpha value is -1.40. The van der Waals surface area contributed by atoms with Crippen molar-refractivity contribution < 1.29 is 9.59 Å². The maximum absolute atomic E-state index is 12.3. The first-order chi connectivity index (χ1) is 10.5. The molecule has 3 N–H and O–H groups in total. The molecule has 3 rings (SSSR count). The van der Waals surface area contributed by atoms with E-state index in [0.29, 0.717) is 25.9 Å². The summed E-state index contributed by atoms with van der Waals surface area (Å²) in [7, 11) is 0. The summed E-state index contributed by atoms with van der Waals surface area (Å²) in [5, 5.41) is 2.95. The summed E-state index contributed by atoms with van der Waals surface area (Å²) in [5.74, 6) is 0.0223. The summed E-state index contributed by atoms with van der Waals surface area (Å²) in [5.41, 5.74) is 6.13. The van der Waals surface area contributed by atoms with Gasteiger partial charge < -0.3 is 16.0 Å². The smallest absolute Gasteiger partial charge is 0.242 e. The van der Waals surface area contributed by atoms with Crippen molar-refractivity contribution >= 4 is 33.4 Å². The van der Waals surface area contributed by atoms with Crippen LogP contribution in [-0.4, -0.2) is 35.3 Å². The van der Waals surface area contributed by atoms with Gasteiger partial charge in [0, 0.05) is 23.5 Å². The number of piperidine rings is 1. The Labute approximate surface area is 138 Å². The molecule has 2 amide bonds. The molecule has 0 spiro atoms. The van der Waals surface area contributed by atoms with Gasteiger partial charge in [-0.2, -0.15) is 0 Å². The van der Waals surface area contributed by atoms with Gasteiger partial charge in [0.15, 0.2) is 0 Å². The molecule has 6 heteroatoms. The highest BCUT2D eigenvalue weighted by Gasteiger charge is 2.48. The van der Waals surface area contributed by atoms with Gasteiger partial charge in [0.25, 0.3) is 0 Å². The molecule has 22 heavy (non-hydrogen) atoms. The van der Waals surface area contributed by atoms with Crippen molar-refractivity contribution in [2.45, 2.75) is 31.2 Å². The van der Waals surface area contributed by atoms with Crippen molar-refractivity contribution in [1.82, 2.24) is 4.90 Å². The van der Waals surface area contributed by atoms with E-state index in [1.807, 2.05) is 29.2 Å². The van der Waals surface area contributed by atoms with Gasteiger partial charge >= 0.3 is 0 Å². The first-order valence-electron chi connectivity index (χ1n) is 7.63. The minimum absolute atomic E-state index is 0.0212. The van der Waals surface area contributed by atoms with Gasteiger partial charge in [-0.25, -0.2) is 0 Å². The number of para-hydroxylation sites is 1. The van der Waals surface area contributed by atoms with E-state index in [1.165, 1.54) is 0 Å². The summed E-state index contributed by atoms with van der Waals surface area (Å²) in [4.78, 5) is 26.3. The fourth-order valence-corrected chi connectivity index (χ4v) is 3.19. The molecule has 1 aromatic rings. The van der Waals surface area contributed by atoms with Gasteiger partial charge in [-0.15, -0.1) is 0 Å². The van der Waals surface area contributed by atoms with E-state index in [9.17, 15) is 9.59 Å². The monoisotopic (exact) mass is 365 g/mol. The third-order valence-corrected chi connectivity index (χ3v) is 5.19. The number of benzene rings is 1. The summed E-state index contributed by atoms with van der Waals surface area (Å²) >= 11 is 3.42. The third kappa shape index (κ3) is 3.17. The van der Waals surface area contributed by atoms with Crippen molar-refractivity contribution in [1.29, 1.82) is 0 Å². The summed E-state index contributed by atoms with van der Waals surface area (Å²) < 4.78 is 0.870. The topological polar surface area (TPSA) is 75.4 Å². The van der Waals surface area contributed by atoms with Crippen LogP contribution < -0.4 is 11.1 Å². The van der Waals surface area contributed by atoms with Gasteiger partial charge in [0.05, 0.1) is 11.2 Å². The quantitative estimate of drug-likeness (QED) is 0.861. The first kappa shape index (κ1) is 15.5. The highest BCUT2D eigenvalue weighted by molar-refractivity contribution is 9.10. The number of rotatable bonds is 3. The second kappa shape index (κ2) is 6.01. The molecule has 1 heterocycles. The molecule has 1 aliphatic heterocycles. The number of carbonyl (C=O) groups is 2. The maximum Gasteiger partial charge on any atom is 0.242 e. The van der Waals surface area contributed by atoms with Crippen LogP contribution in [0.2, 0.25) is 0 Å². The van der Waals surface area contributed by atoms with Gasteiger partial charge in [-0.3, -0.25) is 9.59 Å². The van der Waals surface area contributed by atoms with Gasteiger partial charge in [0.2, 0.25) is 11.8 Å². The Kier molecular flexibility index (Phi) is 4.23. The zero-order valence-corrected chi connectivity index (χ0v) is 13.9. The molecule has 0 unspecified atom stereocenters. The van der Waals surface area contributed by atoms with E-state index in [0.717, 1.165) is 23.0 Å². The molecule has 0 aromatic heterocycles. The fraction of sp³-hybridized carbons (Fsp3) is 0.500. The van der Waals surface area contributed by atoms with Crippen molar-refractivity contribution in [3.05, 3.63) is 28.7 Å². The Bertz CT molecular complexity index is 593. The minimum atomic E-state index is -0.607. The summed E-state index contributed by atoms with van der Waals surface area (Å²) in [6.07, 6.45) is 2.96. The molecule has 2 aliphatic rings. The number of anilines is 1. The predicted octanol–water partition coefficient (Wildman–Crippen LogP) is 2.12. The van der Waals surface area contributed by atoms with Crippen molar-refractivity contribution in [2.75, 3.05) is 18.4 Å². The van der Waals surface area contributed by atoms with Crippen LogP contribution in [-0.2, 0) is 9.59 Å². The van der Waals surface area contributed by atoms with Crippen LogP contribution in [0.1, 0.15) is 25.7 Å². The number of halogens is 1. The molecule has 2 fully saturated rings. The van der Waals surface area contributed by atoms with Crippen LogP contribution in [0.25, 0.3) is 0 Å². The molecule has 0 atom stereocenters. The lowest BCUT2D eigenvalue weighted by atomic mass is 9.95. The molecule has 1 saturated carbocycles. The van der Waals surface area contributed by atoms with Gasteiger partial charge in [-0.05, 0) is 53.7 Å². The van der Waals surface area contributed by atoms with Crippen molar-refractivity contribution in [3.63, 3.8) is 0 Å². The second-order valence-corrected chi connectivity index (χ2v) is 7.05. The van der Waals surface area contributed by atoms with Gasteiger partial charge in [0.1, 0.15) is 0 Å². The third-order valence-electron chi connectivity index (χ3n) is 4.50.